The highest BCUT2D eigenvalue weighted by Gasteiger charge is 2.36. The predicted octanol–water partition coefficient (Wildman–Crippen LogP) is 2.91. The minimum absolute atomic E-state index is 0.0553. The predicted molar refractivity (Wildman–Crippen MR) is 91.3 cm³/mol. The molecular formula is C16H24F2N4OS. The van der Waals surface area contributed by atoms with Gasteiger partial charge in [0.25, 0.3) is 0 Å². The van der Waals surface area contributed by atoms with Gasteiger partial charge in [0.15, 0.2) is 5.16 Å². The molecule has 24 heavy (non-hydrogen) atoms. The Labute approximate surface area is 145 Å². The first-order valence-electron chi connectivity index (χ1n) is 8.25. The summed E-state index contributed by atoms with van der Waals surface area (Å²) in [7, 11) is 3.96. The summed E-state index contributed by atoms with van der Waals surface area (Å²) in [5, 5.41) is 0.642. The smallest absolute Gasteiger partial charge is 0.248 e. The maximum Gasteiger partial charge on any atom is 0.248 e. The molecule has 0 bridgehead atoms. The molecule has 1 aromatic heterocycles. The molecule has 8 heteroatoms. The molecule has 0 unspecified atom stereocenters. The van der Waals surface area contributed by atoms with Gasteiger partial charge in [-0.25, -0.2) is 13.8 Å². The van der Waals surface area contributed by atoms with Gasteiger partial charge in [0.2, 0.25) is 11.8 Å². The van der Waals surface area contributed by atoms with Crippen LogP contribution in [-0.4, -0.2) is 66.4 Å². The third-order valence-electron chi connectivity index (χ3n) is 4.76. The summed E-state index contributed by atoms with van der Waals surface area (Å²) in [4.78, 5) is 13.1. The SMILES string of the molecule is CSc1nc(OC2CN(C)C2)cc(N(C)C2CCC(F)(F)CC2)n1. The van der Waals surface area contributed by atoms with Gasteiger partial charge in [0.1, 0.15) is 11.9 Å². The van der Waals surface area contributed by atoms with Crippen LogP contribution in [0.1, 0.15) is 25.7 Å². The third-order valence-corrected chi connectivity index (χ3v) is 5.31. The van der Waals surface area contributed by atoms with E-state index in [-0.39, 0.29) is 25.0 Å². The van der Waals surface area contributed by atoms with E-state index in [0.29, 0.717) is 23.9 Å². The van der Waals surface area contributed by atoms with Crippen LogP contribution in [0.4, 0.5) is 14.6 Å². The number of likely N-dealkylation sites (N-methyl/N-ethyl adjacent to an activating group) is 1. The lowest BCUT2D eigenvalue weighted by atomic mass is 9.91. The van der Waals surface area contributed by atoms with Crippen LogP contribution < -0.4 is 9.64 Å². The number of nitrogens with zero attached hydrogens (tertiary/aromatic N) is 4. The van der Waals surface area contributed by atoms with Gasteiger partial charge >= 0.3 is 0 Å². The highest BCUT2D eigenvalue weighted by molar-refractivity contribution is 7.98. The molecule has 5 nitrogen and oxygen atoms in total. The van der Waals surface area contributed by atoms with E-state index in [2.05, 4.69) is 14.9 Å². The number of thioether (sulfide) groups is 1. The summed E-state index contributed by atoms with van der Waals surface area (Å²) in [5.74, 6) is -1.21. The summed E-state index contributed by atoms with van der Waals surface area (Å²) < 4.78 is 32.7. The van der Waals surface area contributed by atoms with E-state index in [1.807, 2.05) is 31.3 Å². The molecule has 2 fully saturated rings. The Balaban J connectivity index is 1.71. The minimum Gasteiger partial charge on any atom is -0.471 e. The lowest BCUT2D eigenvalue weighted by molar-refractivity contribution is -0.0378. The Morgan fingerprint density at radius 1 is 1.29 bits per heavy atom. The van der Waals surface area contributed by atoms with E-state index in [9.17, 15) is 8.78 Å². The number of anilines is 1. The lowest BCUT2D eigenvalue weighted by Gasteiger charge is -2.36. The molecule has 134 valence electrons. The Morgan fingerprint density at radius 2 is 1.96 bits per heavy atom. The highest BCUT2D eigenvalue weighted by atomic mass is 32.2. The normalized spacial score (nSPS) is 22.2. The molecule has 0 spiro atoms. The second kappa shape index (κ2) is 7.00. The van der Waals surface area contributed by atoms with Gasteiger partial charge in [-0.2, -0.15) is 4.98 Å². The van der Waals surface area contributed by atoms with Crippen LogP contribution >= 0.6 is 11.8 Å². The zero-order valence-electron chi connectivity index (χ0n) is 14.3. The van der Waals surface area contributed by atoms with Crippen LogP contribution in [0.3, 0.4) is 0 Å². The number of rotatable bonds is 5. The first-order valence-corrected chi connectivity index (χ1v) is 9.48. The summed E-state index contributed by atoms with van der Waals surface area (Å²) in [6, 6.07) is 1.90. The van der Waals surface area contributed by atoms with Gasteiger partial charge in [-0.3, -0.25) is 4.90 Å². The summed E-state index contributed by atoms with van der Waals surface area (Å²) in [6.45, 7) is 1.78. The Kier molecular flexibility index (Phi) is 5.15. The molecule has 1 saturated heterocycles. The topological polar surface area (TPSA) is 41.5 Å². The molecule has 1 aliphatic heterocycles. The number of likely N-dealkylation sites (tertiary alicyclic amines) is 1. The van der Waals surface area contributed by atoms with Crippen LogP contribution in [0.25, 0.3) is 0 Å². The first kappa shape index (κ1) is 17.7. The van der Waals surface area contributed by atoms with E-state index in [0.717, 1.165) is 18.9 Å². The van der Waals surface area contributed by atoms with Crippen LogP contribution in [0.2, 0.25) is 0 Å². The van der Waals surface area contributed by atoms with Crippen molar-refractivity contribution >= 4 is 17.6 Å². The summed E-state index contributed by atoms with van der Waals surface area (Å²) >= 11 is 1.45. The number of halogens is 2. The average molecular weight is 358 g/mol. The molecule has 1 aliphatic carbocycles. The van der Waals surface area contributed by atoms with Gasteiger partial charge in [-0.1, -0.05) is 11.8 Å². The van der Waals surface area contributed by atoms with Crippen molar-refractivity contribution in [2.24, 2.45) is 0 Å². The van der Waals surface area contributed by atoms with Crippen molar-refractivity contribution in [3.05, 3.63) is 6.07 Å². The van der Waals surface area contributed by atoms with Gasteiger partial charge in [-0.15, -0.1) is 0 Å². The fourth-order valence-electron chi connectivity index (χ4n) is 3.21. The molecule has 0 atom stereocenters. The van der Waals surface area contributed by atoms with Crippen molar-refractivity contribution in [2.45, 2.75) is 48.9 Å². The maximum absolute atomic E-state index is 13.4. The van der Waals surface area contributed by atoms with Crippen molar-refractivity contribution in [1.82, 2.24) is 14.9 Å². The van der Waals surface area contributed by atoms with E-state index < -0.39 is 5.92 Å². The van der Waals surface area contributed by atoms with E-state index in [1.54, 1.807) is 0 Å². The third kappa shape index (κ3) is 4.08. The molecule has 3 rings (SSSR count). The maximum atomic E-state index is 13.4. The van der Waals surface area contributed by atoms with Crippen LogP contribution in [0, 0.1) is 0 Å². The molecule has 0 radical (unpaired) electrons. The second-order valence-electron chi connectivity index (χ2n) is 6.71. The van der Waals surface area contributed by atoms with Gasteiger partial charge < -0.3 is 9.64 Å². The number of hydrogen-bond acceptors (Lipinski definition) is 6. The molecular weight excluding hydrogens is 334 g/mol. The number of ether oxygens (including phenoxy) is 1. The monoisotopic (exact) mass is 358 g/mol. The van der Waals surface area contributed by atoms with Crippen molar-refractivity contribution in [2.75, 3.05) is 38.3 Å². The van der Waals surface area contributed by atoms with Crippen molar-refractivity contribution in [1.29, 1.82) is 0 Å². The molecule has 2 heterocycles. The lowest BCUT2D eigenvalue weighted by Crippen LogP contribution is -2.51. The van der Waals surface area contributed by atoms with Crippen molar-refractivity contribution in [3.8, 4) is 5.88 Å². The number of hydrogen-bond donors (Lipinski definition) is 0. The second-order valence-corrected chi connectivity index (χ2v) is 7.48. The standard InChI is InChI=1S/C16H24F2N4OS/c1-21-9-12(10-21)23-14-8-13(19-15(20-14)24-3)22(2)11-4-6-16(17,18)7-5-11/h8,11-12H,4-7,9-10H2,1-3H3. The zero-order valence-corrected chi connectivity index (χ0v) is 15.2. The zero-order chi connectivity index (χ0) is 17.3. The molecule has 0 N–H and O–H groups in total. The molecule has 2 aliphatic rings. The molecule has 1 aromatic rings. The summed E-state index contributed by atoms with van der Waals surface area (Å²) in [5.41, 5.74) is 0. The fraction of sp³-hybridized carbons (Fsp3) is 0.750. The van der Waals surface area contributed by atoms with Gasteiger partial charge in [-0.05, 0) is 26.1 Å². The van der Waals surface area contributed by atoms with E-state index >= 15 is 0 Å². The van der Waals surface area contributed by atoms with Crippen LogP contribution in [0.5, 0.6) is 5.88 Å². The Bertz CT molecular complexity index is 573. The first-order chi connectivity index (χ1) is 11.4. The number of aromatic nitrogens is 2. The quantitative estimate of drug-likeness (QED) is 0.596. The van der Waals surface area contributed by atoms with Gasteiger partial charge in [0, 0.05) is 45.1 Å². The fourth-order valence-corrected chi connectivity index (χ4v) is 3.58. The minimum atomic E-state index is -2.52. The molecule has 1 saturated carbocycles. The number of alkyl halides is 2. The van der Waals surface area contributed by atoms with Crippen molar-refractivity contribution < 1.29 is 13.5 Å². The van der Waals surface area contributed by atoms with Crippen LogP contribution in [0.15, 0.2) is 11.2 Å². The molecule has 0 amide bonds. The van der Waals surface area contributed by atoms with Crippen molar-refractivity contribution in [3.63, 3.8) is 0 Å². The summed E-state index contributed by atoms with van der Waals surface area (Å²) in [6.07, 6.45) is 2.92. The Hall–Kier alpha value is -1.15. The largest absolute Gasteiger partial charge is 0.471 e. The van der Waals surface area contributed by atoms with E-state index in [1.165, 1.54) is 11.8 Å². The van der Waals surface area contributed by atoms with Crippen LogP contribution in [-0.2, 0) is 0 Å². The van der Waals surface area contributed by atoms with E-state index in [4.69, 9.17) is 4.74 Å². The highest BCUT2D eigenvalue weighted by Crippen LogP contribution is 2.36. The van der Waals surface area contributed by atoms with Gasteiger partial charge in [0.05, 0.1) is 0 Å². The average Bonchev–Trinajstić information content (AvgIpc) is 2.52. The Morgan fingerprint density at radius 3 is 2.54 bits per heavy atom. The molecule has 0 aromatic carbocycles.